The summed E-state index contributed by atoms with van der Waals surface area (Å²) in [6.07, 6.45) is 0.808. The molecule has 2 atom stereocenters. The van der Waals surface area contributed by atoms with Gasteiger partial charge in [-0.25, -0.2) is 9.18 Å². The van der Waals surface area contributed by atoms with Crippen molar-refractivity contribution in [2.45, 2.75) is 19.0 Å². The Morgan fingerprint density at radius 3 is 2.84 bits per heavy atom. The van der Waals surface area contributed by atoms with Gasteiger partial charge in [0.15, 0.2) is 0 Å². The van der Waals surface area contributed by atoms with Gasteiger partial charge in [-0.1, -0.05) is 12.1 Å². The van der Waals surface area contributed by atoms with Crippen LogP contribution in [-0.4, -0.2) is 36.7 Å². The van der Waals surface area contributed by atoms with Crippen molar-refractivity contribution < 1.29 is 13.9 Å². The fraction of sp³-hybridized carbons (Fsp3) is 0.500. The van der Waals surface area contributed by atoms with E-state index in [-0.39, 0.29) is 18.0 Å². The first-order valence-electron chi connectivity index (χ1n) is 6.62. The molecule has 4 nitrogen and oxygen atoms in total. The minimum absolute atomic E-state index is 0.132. The molecule has 0 spiro atoms. The first-order chi connectivity index (χ1) is 9.24. The molecule has 0 bridgehead atoms. The molecule has 1 aromatic rings. The van der Waals surface area contributed by atoms with Crippen molar-refractivity contribution in [3.05, 3.63) is 35.6 Å². The van der Waals surface area contributed by atoms with Crippen molar-refractivity contribution in [2.75, 3.05) is 19.7 Å². The SMILES string of the molecule is O=C1OCC(C2CCNC2)N1Cc1ccc(F)cc1. The topological polar surface area (TPSA) is 41.6 Å². The zero-order valence-electron chi connectivity index (χ0n) is 10.6. The monoisotopic (exact) mass is 264 g/mol. The Morgan fingerprint density at radius 2 is 2.16 bits per heavy atom. The number of hydrogen-bond acceptors (Lipinski definition) is 3. The number of carbonyl (C=O) groups is 1. The standard InChI is InChI=1S/C14H17FN2O2/c15-12-3-1-10(2-4-12)8-17-13(9-19-14(17)18)11-5-6-16-7-11/h1-4,11,13,16H,5-9H2. The van der Waals surface area contributed by atoms with E-state index in [0.717, 1.165) is 25.1 Å². The highest BCUT2D eigenvalue weighted by atomic mass is 19.1. The van der Waals surface area contributed by atoms with Gasteiger partial charge < -0.3 is 10.1 Å². The number of ether oxygens (including phenoxy) is 1. The van der Waals surface area contributed by atoms with E-state index in [1.165, 1.54) is 12.1 Å². The van der Waals surface area contributed by atoms with Crippen molar-refractivity contribution in [1.29, 1.82) is 0 Å². The van der Waals surface area contributed by atoms with Gasteiger partial charge in [-0.05, 0) is 36.6 Å². The maximum Gasteiger partial charge on any atom is 0.410 e. The Kier molecular flexibility index (Phi) is 3.38. The average Bonchev–Trinajstić information content (AvgIpc) is 3.03. The molecule has 2 heterocycles. The van der Waals surface area contributed by atoms with Crippen LogP contribution >= 0.6 is 0 Å². The second kappa shape index (κ2) is 5.17. The van der Waals surface area contributed by atoms with Crippen LogP contribution in [0.2, 0.25) is 0 Å². The summed E-state index contributed by atoms with van der Waals surface area (Å²) < 4.78 is 18.1. The smallest absolute Gasteiger partial charge is 0.410 e. The summed E-state index contributed by atoms with van der Waals surface area (Å²) in [6.45, 7) is 2.88. The van der Waals surface area contributed by atoms with E-state index in [9.17, 15) is 9.18 Å². The predicted octanol–water partition coefficient (Wildman–Crippen LogP) is 1.76. The first-order valence-corrected chi connectivity index (χ1v) is 6.62. The molecule has 0 saturated carbocycles. The number of benzene rings is 1. The van der Waals surface area contributed by atoms with Crippen LogP contribution in [0.1, 0.15) is 12.0 Å². The van der Waals surface area contributed by atoms with Crippen molar-refractivity contribution >= 4 is 6.09 Å². The summed E-state index contributed by atoms with van der Waals surface area (Å²) in [5.74, 6) is 0.191. The van der Waals surface area contributed by atoms with Crippen LogP contribution in [0.5, 0.6) is 0 Å². The van der Waals surface area contributed by atoms with Crippen molar-refractivity contribution in [1.82, 2.24) is 10.2 Å². The number of carbonyl (C=O) groups excluding carboxylic acids is 1. The highest BCUT2D eigenvalue weighted by Crippen LogP contribution is 2.26. The van der Waals surface area contributed by atoms with Gasteiger partial charge in [0.2, 0.25) is 0 Å². The van der Waals surface area contributed by atoms with Crippen LogP contribution in [0.15, 0.2) is 24.3 Å². The lowest BCUT2D eigenvalue weighted by molar-refractivity contribution is 0.154. The maximum atomic E-state index is 12.9. The summed E-state index contributed by atoms with van der Waals surface area (Å²) in [7, 11) is 0. The van der Waals surface area contributed by atoms with E-state index in [0.29, 0.717) is 19.1 Å². The molecule has 2 saturated heterocycles. The van der Waals surface area contributed by atoms with Crippen LogP contribution in [0, 0.1) is 11.7 Å². The summed E-state index contributed by atoms with van der Waals surface area (Å²) in [5.41, 5.74) is 0.927. The van der Waals surface area contributed by atoms with Gasteiger partial charge >= 0.3 is 6.09 Å². The Bertz CT molecular complexity index is 457. The van der Waals surface area contributed by atoms with Gasteiger partial charge in [-0.2, -0.15) is 0 Å². The van der Waals surface area contributed by atoms with Crippen LogP contribution in [0.25, 0.3) is 0 Å². The largest absolute Gasteiger partial charge is 0.447 e. The quantitative estimate of drug-likeness (QED) is 0.904. The molecule has 102 valence electrons. The third-order valence-electron chi connectivity index (χ3n) is 3.92. The molecule has 2 fully saturated rings. The second-order valence-electron chi connectivity index (χ2n) is 5.15. The Labute approximate surface area is 111 Å². The molecule has 1 aromatic carbocycles. The van der Waals surface area contributed by atoms with E-state index in [1.54, 1.807) is 17.0 Å². The fourth-order valence-corrected chi connectivity index (χ4v) is 2.83. The van der Waals surface area contributed by atoms with Crippen molar-refractivity contribution in [3.63, 3.8) is 0 Å². The molecule has 2 aliphatic rings. The summed E-state index contributed by atoms with van der Waals surface area (Å²) in [5, 5.41) is 3.31. The lowest BCUT2D eigenvalue weighted by Gasteiger charge is -2.25. The minimum atomic E-state index is -0.263. The average molecular weight is 264 g/mol. The Morgan fingerprint density at radius 1 is 1.37 bits per heavy atom. The number of nitrogens with zero attached hydrogens (tertiary/aromatic N) is 1. The summed E-state index contributed by atoms with van der Waals surface area (Å²) in [4.78, 5) is 13.6. The second-order valence-corrected chi connectivity index (χ2v) is 5.15. The van der Waals surface area contributed by atoms with E-state index in [2.05, 4.69) is 5.32 Å². The van der Waals surface area contributed by atoms with E-state index < -0.39 is 0 Å². The molecule has 1 amide bonds. The molecule has 0 aliphatic carbocycles. The highest BCUT2D eigenvalue weighted by molar-refractivity contribution is 5.70. The van der Waals surface area contributed by atoms with Crippen molar-refractivity contribution in [3.8, 4) is 0 Å². The van der Waals surface area contributed by atoms with Gasteiger partial charge in [0.05, 0.1) is 6.04 Å². The lowest BCUT2D eigenvalue weighted by atomic mass is 9.98. The van der Waals surface area contributed by atoms with Crippen LogP contribution in [0.4, 0.5) is 9.18 Å². The molecule has 0 aromatic heterocycles. The number of rotatable bonds is 3. The van der Waals surface area contributed by atoms with Crippen LogP contribution in [0.3, 0.4) is 0 Å². The van der Waals surface area contributed by atoms with Gasteiger partial charge in [0.25, 0.3) is 0 Å². The Hall–Kier alpha value is -1.62. The van der Waals surface area contributed by atoms with Crippen LogP contribution in [-0.2, 0) is 11.3 Å². The third-order valence-corrected chi connectivity index (χ3v) is 3.92. The molecule has 2 unspecified atom stereocenters. The number of hydrogen-bond donors (Lipinski definition) is 1. The molecule has 3 rings (SSSR count). The zero-order valence-corrected chi connectivity index (χ0v) is 10.6. The maximum absolute atomic E-state index is 12.9. The summed E-state index contributed by atoms with van der Waals surface area (Å²) in [6, 6.07) is 6.40. The number of halogens is 1. The molecule has 2 aliphatic heterocycles. The molecule has 1 N–H and O–H groups in total. The zero-order chi connectivity index (χ0) is 13.2. The van der Waals surface area contributed by atoms with Gasteiger partial charge in [-0.15, -0.1) is 0 Å². The number of nitrogens with one attached hydrogen (secondary N) is 1. The van der Waals surface area contributed by atoms with Gasteiger partial charge in [0.1, 0.15) is 12.4 Å². The molecule has 0 radical (unpaired) electrons. The summed E-state index contributed by atoms with van der Waals surface area (Å²) >= 11 is 0. The number of cyclic esters (lactones) is 1. The predicted molar refractivity (Wildman–Crippen MR) is 68.1 cm³/mol. The van der Waals surface area contributed by atoms with Crippen molar-refractivity contribution in [2.24, 2.45) is 5.92 Å². The highest BCUT2D eigenvalue weighted by Gasteiger charge is 2.39. The molecular weight excluding hydrogens is 247 g/mol. The normalized spacial score (nSPS) is 26.8. The minimum Gasteiger partial charge on any atom is -0.447 e. The molecular formula is C14H17FN2O2. The van der Waals surface area contributed by atoms with E-state index in [4.69, 9.17) is 4.74 Å². The van der Waals surface area contributed by atoms with Gasteiger partial charge in [0, 0.05) is 13.1 Å². The van der Waals surface area contributed by atoms with Gasteiger partial charge in [-0.3, -0.25) is 4.90 Å². The molecule has 19 heavy (non-hydrogen) atoms. The van der Waals surface area contributed by atoms with Crippen LogP contribution < -0.4 is 5.32 Å². The van der Waals surface area contributed by atoms with E-state index >= 15 is 0 Å². The Balaban J connectivity index is 1.72. The third kappa shape index (κ3) is 2.56. The van der Waals surface area contributed by atoms with E-state index in [1.807, 2.05) is 0 Å². The molecule has 5 heteroatoms. The fourth-order valence-electron chi connectivity index (χ4n) is 2.83. The number of amides is 1. The first kappa shape index (κ1) is 12.4. The lowest BCUT2D eigenvalue weighted by Crippen LogP contribution is -2.39.